The quantitative estimate of drug-likeness (QED) is 0.637. The van der Waals surface area contributed by atoms with E-state index < -0.39 is 0 Å². The third-order valence-corrected chi connectivity index (χ3v) is 3.73. The van der Waals surface area contributed by atoms with Gasteiger partial charge in [0.1, 0.15) is 0 Å². The van der Waals surface area contributed by atoms with Gasteiger partial charge in [0.15, 0.2) is 0 Å². The van der Waals surface area contributed by atoms with Crippen molar-refractivity contribution >= 4 is 0 Å². The topological polar surface area (TPSA) is 0 Å². The second kappa shape index (κ2) is 5.61. The predicted molar refractivity (Wildman–Crippen MR) is 84.8 cm³/mol. The van der Waals surface area contributed by atoms with Crippen LogP contribution in [0.5, 0.6) is 0 Å². The lowest BCUT2D eigenvalue weighted by molar-refractivity contribution is 0.783. The van der Waals surface area contributed by atoms with Crippen molar-refractivity contribution in [2.24, 2.45) is 0 Å². The highest BCUT2D eigenvalue weighted by atomic mass is 14.2. The normalized spacial score (nSPS) is 11.3. The highest BCUT2D eigenvalue weighted by Crippen LogP contribution is 2.33. The van der Waals surface area contributed by atoms with Crippen molar-refractivity contribution in [2.75, 3.05) is 0 Å². The van der Waals surface area contributed by atoms with Crippen LogP contribution in [0, 0.1) is 6.92 Å². The van der Waals surface area contributed by atoms with Crippen LogP contribution in [-0.4, -0.2) is 0 Å². The molecule has 0 atom stereocenters. The molecule has 0 aromatic heterocycles. The molecule has 0 nitrogen and oxygen atoms in total. The van der Waals surface area contributed by atoms with Crippen molar-refractivity contribution in [1.82, 2.24) is 0 Å². The molecule has 19 heavy (non-hydrogen) atoms. The van der Waals surface area contributed by atoms with Crippen molar-refractivity contribution in [3.63, 3.8) is 0 Å². The molecule has 0 spiro atoms. The third-order valence-electron chi connectivity index (χ3n) is 3.73. The summed E-state index contributed by atoms with van der Waals surface area (Å²) in [6.45, 7) is 11.4. The summed E-state index contributed by atoms with van der Waals surface area (Å²) in [7, 11) is 0. The van der Waals surface area contributed by atoms with E-state index in [1.807, 2.05) is 0 Å². The Balaban J connectivity index is 2.61. The van der Waals surface area contributed by atoms with Gasteiger partial charge < -0.3 is 0 Å². The Labute approximate surface area is 117 Å². The van der Waals surface area contributed by atoms with Crippen LogP contribution in [-0.2, 0) is 0 Å². The first kappa shape index (κ1) is 13.9. The summed E-state index contributed by atoms with van der Waals surface area (Å²) in [5.74, 6) is 1.15. The van der Waals surface area contributed by atoms with Gasteiger partial charge in [-0.05, 0) is 46.6 Å². The molecule has 0 heteroatoms. The van der Waals surface area contributed by atoms with Gasteiger partial charge in [-0.3, -0.25) is 0 Å². The first-order valence-corrected chi connectivity index (χ1v) is 7.20. The maximum absolute atomic E-state index is 2.38. The van der Waals surface area contributed by atoms with E-state index in [9.17, 15) is 0 Å². The fourth-order valence-corrected chi connectivity index (χ4v) is 2.89. The Morgan fingerprint density at radius 1 is 0.737 bits per heavy atom. The van der Waals surface area contributed by atoms with Gasteiger partial charge in [0.05, 0.1) is 0 Å². The molecule has 100 valence electrons. The molecule has 2 aromatic carbocycles. The van der Waals surface area contributed by atoms with Crippen molar-refractivity contribution in [1.29, 1.82) is 0 Å². The minimum Gasteiger partial charge on any atom is -0.0622 e. The average Bonchev–Trinajstić information content (AvgIpc) is 2.38. The van der Waals surface area contributed by atoms with Crippen LogP contribution in [0.1, 0.15) is 56.2 Å². The zero-order valence-corrected chi connectivity index (χ0v) is 12.7. The Morgan fingerprint density at radius 2 is 1.37 bits per heavy atom. The van der Waals surface area contributed by atoms with Crippen molar-refractivity contribution in [3.05, 3.63) is 59.2 Å². The van der Waals surface area contributed by atoms with Crippen LogP contribution in [0.15, 0.2) is 42.5 Å². The summed E-state index contributed by atoms with van der Waals surface area (Å²) in [4.78, 5) is 0. The average molecular weight is 252 g/mol. The predicted octanol–water partition coefficient (Wildman–Crippen LogP) is 5.91. The van der Waals surface area contributed by atoms with Crippen LogP contribution in [0.3, 0.4) is 0 Å². The van der Waals surface area contributed by atoms with Crippen LogP contribution in [0.4, 0.5) is 0 Å². The number of hydrogen-bond donors (Lipinski definition) is 0. The van der Waals surface area contributed by atoms with Crippen molar-refractivity contribution in [2.45, 2.75) is 46.5 Å². The summed E-state index contributed by atoms with van der Waals surface area (Å²) in [6.07, 6.45) is 0. The first-order valence-electron chi connectivity index (χ1n) is 7.20. The van der Waals surface area contributed by atoms with Gasteiger partial charge in [-0.2, -0.15) is 0 Å². The second-order valence-electron chi connectivity index (χ2n) is 5.97. The van der Waals surface area contributed by atoms with Gasteiger partial charge in [-0.25, -0.2) is 0 Å². The van der Waals surface area contributed by atoms with Crippen LogP contribution >= 0.6 is 0 Å². The number of rotatable bonds is 3. The molecule has 0 amide bonds. The van der Waals surface area contributed by atoms with Gasteiger partial charge in [-0.15, -0.1) is 0 Å². The maximum Gasteiger partial charge on any atom is -0.0178 e. The Morgan fingerprint density at radius 3 is 1.89 bits per heavy atom. The largest absolute Gasteiger partial charge is 0.0622 e. The lowest BCUT2D eigenvalue weighted by Crippen LogP contribution is -2.02. The van der Waals surface area contributed by atoms with E-state index in [1.165, 1.54) is 27.8 Å². The van der Waals surface area contributed by atoms with Crippen molar-refractivity contribution < 1.29 is 0 Å². The Kier molecular flexibility index (Phi) is 4.09. The molecule has 0 bridgehead atoms. The standard InChI is InChI=1S/C19H24/c1-13(2)18-12-17(16-9-7-6-8-10-16)11-15(5)19(18)14(3)4/h6-14H,1-5H3. The summed E-state index contributed by atoms with van der Waals surface area (Å²) < 4.78 is 0. The van der Waals surface area contributed by atoms with E-state index in [1.54, 1.807) is 0 Å². The van der Waals surface area contributed by atoms with Gasteiger partial charge in [0, 0.05) is 0 Å². The Bertz CT molecular complexity index is 548. The Hall–Kier alpha value is -1.56. The molecule has 0 N–H and O–H groups in total. The number of aryl methyl sites for hydroxylation is 1. The lowest BCUT2D eigenvalue weighted by Gasteiger charge is -2.20. The zero-order valence-electron chi connectivity index (χ0n) is 12.7. The molecule has 0 unspecified atom stereocenters. The molecule has 2 aromatic rings. The molecule has 0 fully saturated rings. The van der Waals surface area contributed by atoms with Gasteiger partial charge in [-0.1, -0.05) is 70.2 Å². The minimum absolute atomic E-state index is 0.569. The fourth-order valence-electron chi connectivity index (χ4n) is 2.89. The molecule has 0 aliphatic heterocycles. The van der Waals surface area contributed by atoms with Gasteiger partial charge >= 0.3 is 0 Å². The summed E-state index contributed by atoms with van der Waals surface area (Å²) in [6, 6.07) is 15.4. The van der Waals surface area contributed by atoms with Crippen LogP contribution < -0.4 is 0 Å². The molecule has 2 rings (SSSR count). The SMILES string of the molecule is Cc1cc(-c2ccccc2)cc(C(C)C)c1C(C)C. The molecule has 0 saturated heterocycles. The second-order valence-corrected chi connectivity index (χ2v) is 5.97. The van der Waals surface area contributed by atoms with E-state index in [-0.39, 0.29) is 0 Å². The van der Waals surface area contributed by atoms with E-state index in [0.29, 0.717) is 11.8 Å². The third kappa shape index (κ3) is 2.89. The highest BCUT2D eigenvalue weighted by molar-refractivity contribution is 5.66. The van der Waals surface area contributed by atoms with Crippen LogP contribution in [0.2, 0.25) is 0 Å². The summed E-state index contributed by atoms with van der Waals surface area (Å²) >= 11 is 0. The molecule has 0 aliphatic carbocycles. The molecular weight excluding hydrogens is 228 g/mol. The monoisotopic (exact) mass is 252 g/mol. The molecule has 0 saturated carbocycles. The maximum atomic E-state index is 2.38. The smallest absolute Gasteiger partial charge is 0.0178 e. The minimum atomic E-state index is 0.569. The van der Waals surface area contributed by atoms with E-state index >= 15 is 0 Å². The zero-order chi connectivity index (χ0) is 14.0. The lowest BCUT2D eigenvalue weighted by atomic mass is 9.85. The number of benzene rings is 2. The van der Waals surface area contributed by atoms with E-state index in [0.717, 1.165) is 0 Å². The highest BCUT2D eigenvalue weighted by Gasteiger charge is 2.14. The first-order chi connectivity index (χ1) is 9.00. The molecule has 0 radical (unpaired) electrons. The van der Waals surface area contributed by atoms with Gasteiger partial charge in [0.2, 0.25) is 0 Å². The van der Waals surface area contributed by atoms with Crippen LogP contribution in [0.25, 0.3) is 11.1 Å². The number of hydrogen-bond acceptors (Lipinski definition) is 0. The van der Waals surface area contributed by atoms with E-state index in [2.05, 4.69) is 77.1 Å². The molecule has 0 heterocycles. The fraction of sp³-hybridized carbons (Fsp3) is 0.368. The van der Waals surface area contributed by atoms with Crippen molar-refractivity contribution in [3.8, 4) is 11.1 Å². The summed E-state index contributed by atoms with van der Waals surface area (Å²) in [5.41, 5.74) is 7.08. The van der Waals surface area contributed by atoms with E-state index in [4.69, 9.17) is 0 Å². The molecular formula is C19H24. The summed E-state index contributed by atoms with van der Waals surface area (Å²) in [5, 5.41) is 0. The molecule has 0 aliphatic rings. The van der Waals surface area contributed by atoms with Gasteiger partial charge in [0.25, 0.3) is 0 Å².